The molecule has 0 saturated heterocycles. The molecule has 0 fully saturated rings. The van der Waals surface area contributed by atoms with E-state index in [1.54, 1.807) is 24.5 Å². The summed E-state index contributed by atoms with van der Waals surface area (Å²) in [5, 5.41) is 0. The molecule has 1 heterocycles. The van der Waals surface area contributed by atoms with E-state index in [2.05, 4.69) is 4.98 Å². The van der Waals surface area contributed by atoms with E-state index in [9.17, 15) is 4.39 Å². The molecule has 0 saturated carbocycles. The molecule has 1 aromatic heterocycles. The maximum atomic E-state index is 14.3. The Bertz CT molecular complexity index is 340. The minimum absolute atomic E-state index is 0.160. The normalized spacial score (nSPS) is 32.3. The topological polar surface area (TPSA) is 17.8 Å². The number of rotatable bonds is 1. The number of halogens is 1. The molecule has 1 aliphatic carbocycles. The van der Waals surface area contributed by atoms with Gasteiger partial charge in [0.2, 0.25) is 5.79 Å². The minimum atomic E-state index is -1.45. The molecule has 0 aromatic carbocycles. The third kappa shape index (κ3) is 1.20. The van der Waals surface area contributed by atoms with Crippen LogP contribution in [0.2, 0.25) is 0 Å². The summed E-state index contributed by atoms with van der Waals surface area (Å²) < 4.78 is 15.8. The van der Waals surface area contributed by atoms with Crippen LogP contribution in [0.15, 0.2) is 43.0 Å². The van der Waals surface area contributed by atoms with Crippen LogP contribution < -0.4 is 0 Å². The van der Waals surface area contributed by atoms with E-state index in [0.29, 0.717) is 0 Å². The van der Waals surface area contributed by atoms with Crippen LogP contribution in [-0.4, -0.2) is 9.55 Å². The van der Waals surface area contributed by atoms with Gasteiger partial charge in [-0.25, -0.2) is 9.37 Å². The Morgan fingerprint density at radius 3 is 2.92 bits per heavy atom. The zero-order chi connectivity index (χ0) is 9.31. The van der Waals surface area contributed by atoms with Gasteiger partial charge < -0.3 is 4.57 Å². The molecule has 3 heteroatoms. The number of nitrogens with zero attached hydrogens (tertiary/aromatic N) is 2. The second-order valence-corrected chi connectivity index (χ2v) is 3.23. The minimum Gasteiger partial charge on any atom is -0.300 e. The molecule has 0 aliphatic heterocycles. The molecule has 2 nitrogen and oxygen atoms in total. The van der Waals surface area contributed by atoms with Crippen molar-refractivity contribution >= 4 is 0 Å². The van der Waals surface area contributed by atoms with Crippen LogP contribution in [0.25, 0.3) is 0 Å². The van der Waals surface area contributed by atoms with E-state index >= 15 is 0 Å². The average Bonchev–Trinajstić information content (AvgIpc) is 2.63. The lowest BCUT2D eigenvalue weighted by Crippen LogP contribution is -2.32. The highest BCUT2D eigenvalue weighted by Gasteiger charge is 2.34. The number of hydrogen-bond donors (Lipinski definition) is 0. The Hall–Kier alpha value is -1.38. The predicted molar refractivity (Wildman–Crippen MR) is 48.8 cm³/mol. The summed E-state index contributed by atoms with van der Waals surface area (Å²) in [6, 6.07) is 0. The van der Waals surface area contributed by atoms with Crippen molar-refractivity contribution in [3.8, 4) is 0 Å². The molecule has 0 N–H and O–H groups in total. The van der Waals surface area contributed by atoms with Crippen molar-refractivity contribution in [2.45, 2.75) is 12.7 Å². The van der Waals surface area contributed by atoms with Gasteiger partial charge in [0.15, 0.2) is 0 Å². The van der Waals surface area contributed by atoms with Gasteiger partial charge in [-0.3, -0.25) is 0 Å². The number of alkyl halides is 1. The Morgan fingerprint density at radius 1 is 1.46 bits per heavy atom. The van der Waals surface area contributed by atoms with Crippen LogP contribution in [0, 0.1) is 5.92 Å². The fourth-order valence-electron chi connectivity index (χ4n) is 1.49. The zero-order valence-corrected chi connectivity index (χ0v) is 7.39. The lowest BCUT2D eigenvalue weighted by atomic mass is 9.94. The van der Waals surface area contributed by atoms with Gasteiger partial charge in [0.25, 0.3) is 0 Å². The summed E-state index contributed by atoms with van der Waals surface area (Å²) in [4.78, 5) is 3.84. The molecule has 68 valence electrons. The van der Waals surface area contributed by atoms with Gasteiger partial charge in [0.05, 0.1) is 6.33 Å². The van der Waals surface area contributed by atoms with Crippen LogP contribution in [0.5, 0.6) is 0 Å². The molecular formula is C10H11FN2. The van der Waals surface area contributed by atoms with Crippen LogP contribution in [0.1, 0.15) is 6.92 Å². The SMILES string of the molecule is CC1C=CC=CC1(F)n1ccnc1. The Kier molecular flexibility index (Phi) is 1.79. The van der Waals surface area contributed by atoms with Crippen LogP contribution in [0.4, 0.5) is 4.39 Å². The summed E-state index contributed by atoms with van der Waals surface area (Å²) >= 11 is 0. The highest BCUT2D eigenvalue weighted by molar-refractivity contribution is 5.19. The van der Waals surface area contributed by atoms with Crippen molar-refractivity contribution in [3.05, 3.63) is 43.0 Å². The highest BCUT2D eigenvalue weighted by atomic mass is 19.1. The van der Waals surface area contributed by atoms with E-state index < -0.39 is 5.79 Å². The Balaban J connectivity index is 2.41. The first-order chi connectivity index (χ1) is 6.23. The molecule has 2 atom stereocenters. The molecule has 0 radical (unpaired) electrons. The molecule has 0 bridgehead atoms. The summed E-state index contributed by atoms with van der Waals surface area (Å²) in [5.74, 6) is -1.61. The van der Waals surface area contributed by atoms with Gasteiger partial charge in [0, 0.05) is 18.3 Å². The van der Waals surface area contributed by atoms with Gasteiger partial charge in [-0.15, -0.1) is 0 Å². The molecule has 13 heavy (non-hydrogen) atoms. The first-order valence-corrected chi connectivity index (χ1v) is 4.27. The predicted octanol–water partition coefficient (Wildman–Crippen LogP) is 2.27. The van der Waals surface area contributed by atoms with E-state index in [1.807, 2.05) is 19.1 Å². The summed E-state index contributed by atoms with van der Waals surface area (Å²) in [6.45, 7) is 1.85. The van der Waals surface area contributed by atoms with Gasteiger partial charge in [0.1, 0.15) is 0 Å². The monoisotopic (exact) mass is 178 g/mol. The van der Waals surface area contributed by atoms with Crippen LogP contribution >= 0.6 is 0 Å². The van der Waals surface area contributed by atoms with E-state index in [1.165, 1.54) is 10.9 Å². The van der Waals surface area contributed by atoms with Crippen molar-refractivity contribution in [2.75, 3.05) is 0 Å². The molecule has 0 amide bonds. The first-order valence-electron chi connectivity index (χ1n) is 4.27. The Labute approximate surface area is 76.4 Å². The quantitative estimate of drug-likeness (QED) is 0.645. The standard InChI is InChI=1S/C10H11FN2/c1-9-4-2-3-5-10(9,11)13-7-6-12-8-13/h2-9H,1H3. The average molecular weight is 178 g/mol. The van der Waals surface area contributed by atoms with Crippen molar-refractivity contribution in [1.82, 2.24) is 9.55 Å². The van der Waals surface area contributed by atoms with Gasteiger partial charge >= 0.3 is 0 Å². The van der Waals surface area contributed by atoms with Gasteiger partial charge in [-0.05, 0) is 6.08 Å². The van der Waals surface area contributed by atoms with E-state index in [4.69, 9.17) is 0 Å². The van der Waals surface area contributed by atoms with Crippen molar-refractivity contribution in [2.24, 2.45) is 5.92 Å². The lowest BCUT2D eigenvalue weighted by Gasteiger charge is -2.29. The number of allylic oxidation sites excluding steroid dienone is 4. The maximum Gasteiger partial charge on any atom is 0.212 e. The maximum absolute atomic E-state index is 14.3. The van der Waals surface area contributed by atoms with E-state index in [0.717, 1.165) is 0 Å². The molecule has 0 spiro atoms. The molecule has 2 unspecified atom stereocenters. The summed E-state index contributed by atoms with van der Waals surface area (Å²) in [5.41, 5.74) is 0. The first kappa shape index (κ1) is 8.23. The smallest absolute Gasteiger partial charge is 0.212 e. The number of hydrogen-bond acceptors (Lipinski definition) is 1. The fourth-order valence-corrected chi connectivity index (χ4v) is 1.49. The van der Waals surface area contributed by atoms with Crippen molar-refractivity contribution in [3.63, 3.8) is 0 Å². The fraction of sp³-hybridized carbons (Fsp3) is 0.300. The van der Waals surface area contributed by atoms with Gasteiger partial charge in [-0.1, -0.05) is 25.2 Å². The van der Waals surface area contributed by atoms with E-state index in [-0.39, 0.29) is 5.92 Å². The largest absolute Gasteiger partial charge is 0.300 e. The third-order valence-corrected chi connectivity index (χ3v) is 2.38. The second kappa shape index (κ2) is 2.83. The van der Waals surface area contributed by atoms with Crippen molar-refractivity contribution in [1.29, 1.82) is 0 Å². The summed E-state index contributed by atoms with van der Waals surface area (Å²) in [6.07, 6.45) is 11.7. The third-order valence-electron chi connectivity index (χ3n) is 2.38. The highest BCUT2D eigenvalue weighted by Crippen LogP contribution is 2.33. The number of imidazole rings is 1. The van der Waals surface area contributed by atoms with Crippen LogP contribution in [-0.2, 0) is 5.79 Å². The number of aromatic nitrogens is 2. The zero-order valence-electron chi connectivity index (χ0n) is 7.39. The second-order valence-electron chi connectivity index (χ2n) is 3.23. The Morgan fingerprint density at radius 2 is 2.31 bits per heavy atom. The molecule has 2 rings (SSSR count). The van der Waals surface area contributed by atoms with Crippen LogP contribution in [0.3, 0.4) is 0 Å². The molecule has 1 aromatic rings. The van der Waals surface area contributed by atoms with Crippen molar-refractivity contribution < 1.29 is 4.39 Å². The summed E-state index contributed by atoms with van der Waals surface area (Å²) in [7, 11) is 0. The molecule has 1 aliphatic rings. The lowest BCUT2D eigenvalue weighted by molar-refractivity contribution is 0.0840. The molecular weight excluding hydrogens is 167 g/mol. The van der Waals surface area contributed by atoms with Gasteiger partial charge in [-0.2, -0.15) is 0 Å².